The smallest absolute Gasteiger partial charge is 0.143 e. The quantitative estimate of drug-likeness (QED) is 0.173. The van der Waals surface area contributed by atoms with Gasteiger partial charge in [0.1, 0.15) is 11.2 Å². The van der Waals surface area contributed by atoms with Gasteiger partial charge in [0.2, 0.25) is 0 Å². The Bertz CT molecular complexity index is 2500. The molecule has 0 saturated carbocycles. The monoisotopic (exact) mass is 639 g/mol. The first kappa shape index (κ1) is 29.5. The fraction of sp³-hybridized carbons (Fsp3) is 0. The van der Waals surface area contributed by atoms with E-state index in [4.69, 9.17) is 4.42 Å². The van der Waals surface area contributed by atoms with Crippen molar-refractivity contribution in [2.24, 2.45) is 0 Å². The molecule has 0 spiro atoms. The van der Waals surface area contributed by atoms with Gasteiger partial charge in [0.05, 0.1) is 0 Å². The SMILES string of the molecule is c1ccc(-c2cccc(N(c3ccc(-c4ccccc4-c4cccc5c4oc4ccccc45)cc3)c3cccc(-c4ccccc4)c3)c2)cc1. The summed E-state index contributed by atoms with van der Waals surface area (Å²) >= 11 is 0. The molecule has 0 N–H and O–H groups in total. The Balaban J connectivity index is 1.15. The van der Waals surface area contributed by atoms with Gasteiger partial charge in [-0.15, -0.1) is 0 Å². The normalized spacial score (nSPS) is 11.2. The average molecular weight is 640 g/mol. The number of rotatable bonds is 7. The Kier molecular flexibility index (Phi) is 7.53. The van der Waals surface area contributed by atoms with E-state index in [0.29, 0.717) is 0 Å². The Hall–Kier alpha value is -6.64. The van der Waals surface area contributed by atoms with Crippen molar-refractivity contribution in [1.82, 2.24) is 0 Å². The van der Waals surface area contributed by atoms with Gasteiger partial charge in [-0.05, 0) is 81.4 Å². The summed E-state index contributed by atoms with van der Waals surface area (Å²) < 4.78 is 6.45. The molecule has 0 fully saturated rings. The van der Waals surface area contributed by atoms with Crippen molar-refractivity contribution in [2.75, 3.05) is 4.90 Å². The van der Waals surface area contributed by atoms with Gasteiger partial charge in [-0.2, -0.15) is 0 Å². The van der Waals surface area contributed by atoms with Crippen molar-refractivity contribution < 1.29 is 4.42 Å². The molecule has 0 amide bonds. The number of hydrogen-bond acceptors (Lipinski definition) is 2. The first-order valence-electron chi connectivity index (χ1n) is 17.0. The average Bonchev–Trinajstić information content (AvgIpc) is 3.58. The van der Waals surface area contributed by atoms with E-state index in [1.54, 1.807) is 0 Å². The minimum Gasteiger partial charge on any atom is -0.455 e. The highest BCUT2D eigenvalue weighted by molar-refractivity contribution is 6.10. The third kappa shape index (κ3) is 5.43. The van der Waals surface area contributed by atoms with Gasteiger partial charge in [-0.1, -0.05) is 158 Å². The van der Waals surface area contributed by atoms with E-state index in [1.807, 2.05) is 12.1 Å². The molecule has 0 aliphatic carbocycles. The summed E-state index contributed by atoms with van der Waals surface area (Å²) in [4.78, 5) is 2.35. The van der Waals surface area contributed by atoms with Gasteiger partial charge < -0.3 is 9.32 Å². The molecule has 0 unspecified atom stereocenters. The van der Waals surface area contributed by atoms with E-state index in [1.165, 1.54) is 22.3 Å². The maximum atomic E-state index is 6.45. The van der Waals surface area contributed by atoms with Crippen molar-refractivity contribution in [3.05, 3.63) is 200 Å². The van der Waals surface area contributed by atoms with Crippen LogP contribution in [0.25, 0.3) is 66.4 Å². The van der Waals surface area contributed by atoms with Gasteiger partial charge in [-0.25, -0.2) is 0 Å². The largest absolute Gasteiger partial charge is 0.455 e. The Morgan fingerprint density at radius 1 is 0.300 bits per heavy atom. The van der Waals surface area contributed by atoms with Crippen LogP contribution in [0.5, 0.6) is 0 Å². The molecular formula is C48H33NO. The molecular weight excluding hydrogens is 607 g/mol. The van der Waals surface area contributed by atoms with Crippen LogP contribution in [0.15, 0.2) is 205 Å². The molecule has 2 nitrogen and oxygen atoms in total. The van der Waals surface area contributed by atoms with Crippen LogP contribution in [0, 0.1) is 0 Å². The third-order valence-corrected chi connectivity index (χ3v) is 9.48. The van der Waals surface area contributed by atoms with Gasteiger partial charge in [0.25, 0.3) is 0 Å². The second-order valence-electron chi connectivity index (χ2n) is 12.5. The number of anilines is 3. The molecule has 236 valence electrons. The number of nitrogens with zero attached hydrogens (tertiary/aromatic N) is 1. The fourth-order valence-electron chi connectivity index (χ4n) is 7.08. The van der Waals surface area contributed by atoms with E-state index in [0.717, 1.165) is 61.3 Å². The lowest BCUT2D eigenvalue weighted by atomic mass is 9.93. The summed E-state index contributed by atoms with van der Waals surface area (Å²) in [5.41, 5.74) is 14.4. The lowest BCUT2D eigenvalue weighted by Gasteiger charge is -2.27. The van der Waals surface area contributed by atoms with E-state index in [-0.39, 0.29) is 0 Å². The molecule has 1 heterocycles. The highest BCUT2D eigenvalue weighted by atomic mass is 16.3. The van der Waals surface area contributed by atoms with Crippen LogP contribution >= 0.6 is 0 Å². The second-order valence-corrected chi connectivity index (χ2v) is 12.5. The molecule has 9 rings (SSSR count). The highest BCUT2D eigenvalue weighted by Crippen LogP contribution is 2.42. The number of fused-ring (bicyclic) bond motifs is 3. The van der Waals surface area contributed by atoms with Gasteiger partial charge >= 0.3 is 0 Å². The summed E-state index contributed by atoms with van der Waals surface area (Å²) in [5.74, 6) is 0. The predicted octanol–water partition coefficient (Wildman–Crippen LogP) is 13.7. The minimum atomic E-state index is 0.907. The molecule has 0 saturated heterocycles. The van der Waals surface area contributed by atoms with E-state index >= 15 is 0 Å². The lowest BCUT2D eigenvalue weighted by Crippen LogP contribution is -2.10. The first-order valence-corrected chi connectivity index (χ1v) is 17.0. The molecule has 1 aromatic heterocycles. The molecule has 8 aromatic carbocycles. The van der Waals surface area contributed by atoms with Crippen LogP contribution < -0.4 is 4.90 Å². The molecule has 0 radical (unpaired) electrons. The van der Waals surface area contributed by atoms with Crippen LogP contribution in [0.1, 0.15) is 0 Å². The number of para-hydroxylation sites is 2. The molecule has 0 atom stereocenters. The van der Waals surface area contributed by atoms with Crippen molar-refractivity contribution in [2.45, 2.75) is 0 Å². The number of furan rings is 1. The third-order valence-electron chi connectivity index (χ3n) is 9.48. The van der Waals surface area contributed by atoms with Crippen LogP contribution in [-0.4, -0.2) is 0 Å². The van der Waals surface area contributed by atoms with Crippen molar-refractivity contribution in [3.8, 4) is 44.5 Å². The van der Waals surface area contributed by atoms with Gasteiger partial charge in [0, 0.05) is 33.4 Å². The molecule has 2 heteroatoms. The maximum Gasteiger partial charge on any atom is 0.143 e. The maximum absolute atomic E-state index is 6.45. The number of benzene rings is 8. The summed E-state index contributed by atoms with van der Waals surface area (Å²) in [6.45, 7) is 0. The summed E-state index contributed by atoms with van der Waals surface area (Å²) in [7, 11) is 0. The molecule has 50 heavy (non-hydrogen) atoms. The minimum absolute atomic E-state index is 0.907. The standard InChI is InChI=1S/C48H33NO/c1-3-14-34(15-4-1)37-18-11-20-40(32-37)49(41-21-12-19-38(33-41)35-16-5-2-6-17-35)39-30-28-36(29-31-39)42-22-7-8-23-43(42)45-25-13-26-46-44-24-9-10-27-47(44)50-48(45)46/h1-33H. The van der Waals surface area contributed by atoms with Crippen molar-refractivity contribution in [1.29, 1.82) is 0 Å². The Morgan fingerprint density at radius 3 is 1.46 bits per heavy atom. The summed E-state index contributed by atoms with van der Waals surface area (Å²) in [6.07, 6.45) is 0. The van der Waals surface area contributed by atoms with Gasteiger partial charge in [-0.3, -0.25) is 0 Å². The summed E-state index contributed by atoms with van der Waals surface area (Å²) in [5, 5.41) is 2.27. The van der Waals surface area contributed by atoms with E-state index in [9.17, 15) is 0 Å². The van der Waals surface area contributed by atoms with Crippen LogP contribution in [0.3, 0.4) is 0 Å². The highest BCUT2D eigenvalue weighted by Gasteiger charge is 2.17. The van der Waals surface area contributed by atoms with Crippen molar-refractivity contribution in [3.63, 3.8) is 0 Å². The van der Waals surface area contributed by atoms with E-state index in [2.05, 4.69) is 193 Å². The second kappa shape index (κ2) is 12.8. The van der Waals surface area contributed by atoms with Crippen LogP contribution in [0.4, 0.5) is 17.1 Å². The Morgan fingerprint density at radius 2 is 0.800 bits per heavy atom. The zero-order chi connectivity index (χ0) is 33.3. The molecule has 0 aliphatic rings. The lowest BCUT2D eigenvalue weighted by molar-refractivity contribution is 0.670. The fourth-order valence-corrected chi connectivity index (χ4v) is 7.08. The van der Waals surface area contributed by atoms with Crippen molar-refractivity contribution >= 4 is 39.0 Å². The van der Waals surface area contributed by atoms with Gasteiger partial charge in [0.15, 0.2) is 0 Å². The summed E-state index contributed by atoms with van der Waals surface area (Å²) in [6, 6.07) is 71.0. The Labute approximate surface area is 292 Å². The molecule has 0 bridgehead atoms. The first-order chi connectivity index (χ1) is 24.8. The zero-order valence-corrected chi connectivity index (χ0v) is 27.4. The molecule has 0 aliphatic heterocycles. The zero-order valence-electron chi connectivity index (χ0n) is 27.4. The predicted molar refractivity (Wildman–Crippen MR) is 210 cm³/mol. The topological polar surface area (TPSA) is 16.4 Å². The number of hydrogen-bond donors (Lipinski definition) is 0. The van der Waals surface area contributed by atoms with Crippen LogP contribution in [0.2, 0.25) is 0 Å². The van der Waals surface area contributed by atoms with E-state index < -0.39 is 0 Å². The van der Waals surface area contributed by atoms with Crippen LogP contribution in [-0.2, 0) is 0 Å². The molecule has 9 aromatic rings.